The Labute approximate surface area is 130 Å². The molecule has 106 valence electrons. The van der Waals surface area contributed by atoms with Crippen molar-refractivity contribution in [1.82, 2.24) is 4.98 Å². The smallest absolute Gasteiger partial charge is 0.0991 e. The van der Waals surface area contributed by atoms with Crippen LogP contribution in [0.1, 0.15) is 16.7 Å². The zero-order valence-corrected chi connectivity index (χ0v) is 12.7. The van der Waals surface area contributed by atoms with Gasteiger partial charge in [0.15, 0.2) is 0 Å². The average molecular weight is 284 g/mol. The van der Waals surface area contributed by atoms with E-state index in [4.69, 9.17) is 5.26 Å². The second kappa shape index (κ2) is 5.83. The Bertz CT molecular complexity index is 859. The molecule has 0 N–H and O–H groups in total. The highest BCUT2D eigenvalue weighted by molar-refractivity contribution is 5.73. The van der Waals surface area contributed by atoms with Gasteiger partial charge in [-0.05, 0) is 48.7 Å². The lowest BCUT2D eigenvalue weighted by molar-refractivity contribution is 1.28. The number of nitrogens with zero attached hydrogens (tertiary/aromatic N) is 2. The van der Waals surface area contributed by atoms with E-state index in [2.05, 4.69) is 43.1 Å². The van der Waals surface area contributed by atoms with E-state index in [0.717, 1.165) is 33.5 Å². The lowest BCUT2D eigenvalue weighted by atomic mass is 9.95. The maximum atomic E-state index is 9.10. The van der Waals surface area contributed by atoms with Crippen LogP contribution in [0, 0.1) is 25.2 Å². The van der Waals surface area contributed by atoms with Crippen molar-refractivity contribution in [3.8, 4) is 28.5 Å². The Morgan fingerprint density at radius 3 is 2.32 bits per heavy atom. The van der Waals surface area contributed by atoms with Gasteiger partial charge in [0.2, 0.25) is 0 Å². The van der Waals surface area contributed by atoms with Crippen molar-refractivity contribution in [2.75, 3.05) is 0 Å². The number of nitriles is 1. The fourth-order valence-corrected chi connectivity index (χ4v) is 2.59. The van der Waals surface area contributed by atoms with E-state index >= 15 is 0 Å². The van der Waals surface area contributed by atoms with E-state index in [9.17, 15) is 0 Å². The van der Waals surface area contributed by atoms with E-state index in [-0.39, 0.29) is 0 Å². The van der Waals surface area contributed by atoms with Crippen LogP contribution in [-0.2, 0) is 0 Å². The van der Waals surface area contributed by atoms with Gasteiger partial charge in [-0.1, -0.05) is 36.4 Å². The van der Waals surface area contributed by atoms with Crippen LogP contribution in [0.5, 0.6) is 0 Å². The van der Waals surface area contributed by atoms with E-state index in [1.165, 1.54) is 0 Å². The summed E-state index contributed by atoms with van der Waals surface area (Å²) in [6.07, 6.45) is 1.90. The minimum Gasteiger partial charge on any atom is -0.256 e. The van der Waals surface area contributed by atoms with E-state index in [0.29, 0.717) is 5.56 Å². The van der Waals surface area contributed by atoms with Crippen LogP contribution in [0.2, 0.25) is 0 Å². The first-order valence-electron chi connectivity index (χ1n) is 7.22. The molecule has 0 amide bonds. The van der Waals surface area contributed by atoms with Gasteiger partial charge >= 0.3 is 0 Å². The number of pyridine rings is 1. The van der Waals surface area contributed by atoms with Gasteiger partial charge in [-0.25, -0.2) is 0 Å². The highest BCUT2D eigenvalue weighted by Gasteiger charge is 2.09. The van der Waals surface area contributed by atoms with E-state index < -0.39 is 0 Å². The molecule has 0 radical (unpaired) electrons. The summed E-state index contributed by atoms with van der Waals surface area (Å²) in [5.41, 5.74) is 7.21. The molecule has 2 nitrogen and oxygen atoms in total. The van der Waals surface area contributed by atoms with Crippen LogP contribution >= 0.6 is 0 Å². The number of benzene rings is 2. The summed E-state index contributed by atoms with van der Waals surface area (Å²) in [7, 11) is 0. The lowest BCUT2D eigenvalue weighted by Crippen LogP contribution is -1.92. The molecule has 22 heavy (non-hydrogen) atoms. The first-order chi connectivity index (χ1) is 10.7. The summed E-state index contributed by atoms with van der Waals surface area (Å²) in [5, 5.41) is 9.10. The molecule has 0 saturated heterocycles. The van der Waals surface area contributed by atoms with Crippen molar-refractivity contribution >= 4 is 0 Å². The third-order valence-corrected chi connectivity index (χ3v) is 3.84. The van der Waals surface area contributed by atoms with Crippen molar-refractivity contribution < 1.29 is 0 Å². The standard InChI is InChI=1S/C20H16N2/c1-14-8-9-16(12-21)11-18(14)19-13-22-20(10-15(19)2)17-6-4-3-5-7-17/h3-11,13H,1-2H3. The largest absolute Gasteiger partial charge is 0.256 e. The molecule has 0 bridgehead atoms. The summed E-state index contributed by atoms with van der Waals surface area (Å²) in [6.45, 7) is 4.14. The topological polar surface area (TPSA) is 36.7 Å². The molecule has 2 aromatic carbocycles. The normalized spacial score (nSPS) is 10.2. The summed E-state index contributed by atoms with van der Waals surface area (Å²) < 4.78 is 0. The number of aryl methyl sites for hydroxylation is 2. The molecule has 1 aromatic heterocycles. The highest BCUT2D eigenvalue weighted by atomic mass is 14.7. The number of hydrogen-bond donors (Lipinski definition) is 0. The number of aromatic nitrogens is 1. The fourth-order valence-electron chi connectivity index (χ4n) is 2.59. The predicted octanol–water partition coefficient (Wildman–Crippen LogP) is 4.90. The Morgan fingerprint density at radius 1 is 0.864 bits per heavy atom. The fraction of sp³-hybridized carbons (Fsp3) is 0.100. The number of hydrogen-bond acceptors (Lipinski definition) is 2. The highest BCUT2D eigenvalue weighted by Crippen LogP contribution is 2.29. The summed E-state index contributed by atoms with van der Waals surface area (Å²) >= 11 is 0. The van der Waals surface area contributed by atoms with Crippen molar-refractivity contribution in [3.05, 3.63) is 77.5 Å². The molecule has 0 aliphatic carbocycles. The lowest BCUT2D eigenvalue weighted by Gasteiger charge is -2.11. The molecule has 0 atom stereocenters. The minimum atomic E-state index is 0.673. The Hall–Kier alpha value is -2.92. The summed E-state index contributed by atoms with van der Waals surface area (Å²) in [4.78, 5) is 4.60. The second-order valence-electron chi connectivity index (χ2n) is 5.39. The SMILES string of the molecule is Cc1cc(-c2ccccc2)ncc1-c1cc(C#N)ccc1C. The maximum absolute atomic E-state index is 9.10. The van der Waals surface area contributed by atoms with Gasteiger partial charge in [-0.3, -0.25) is 4.98 Å². The molecule has 0 spiro atoms. The average Bonchev–Trinajstić information content (AvgIpc) is 2.56. The van der Waals surface area contributed by atoms with Crippen LogP contribution in [0.4, 0.5) is 0 Å². The zero-order valence-electron chi connectivity index (χ0n) is 12.7. The van der Waals surface area contributed by atoms with Crippen molar-refractivity contribution in [2.24, 2.45) is 0 Å². The zero-order chi connectivity index (χ0) is 15.5. The molecule has 0 aliphatic heterocycles. The van der Waals surface area contributed by atoms with Gasteiger partial charge in [0, 0.05) is 17.3 Å². The third-order valence-electron chi connectivity index (χ3n) is 3.84. The second-order valence-corrected chi connectivity index (χ2v) is 5.39. The van der Waals surface area contributed by atoms with Gasteiger partial charge in [0.1, 0.15) is 0 Å². The third kappa shape index (κ3) is 2.62. The van der Waals surface area contributed by atoms with Crippen molar-refractivity contribution in [3.63, 3.8) is 0 Å². The quantitative estimate of drug-likeness (QED) is 0.670. The van der Waals surface area contributed by atoms with E-state index in [1.54, 1.807) is 0 Å². The molecule has 0 fully saturated rings. The summed E-state index contributed by atoms with van der Waals surface area (Å²) in [6, 6.07) is 20.2. The molecule has 0 saturated carbocycles. The van der Waals surface area contributed by atoms with Crippen LogP contribution in [0.3, 0.4) is 0 Å². The van der Waals surface area contributed by atoms with Gasteiger partial charge in [-0.15, -0.1) is 0 Å². The monoisotopic (exact) mass is 284 g/mol. The molecule has 1 heterocycles. The minimum absolute atomic E-state index is 0.673. The van der Waals surface area contributed by atoms with Crippen molar-refractivity contribution in [1.29, 1.82) is 5.26 Å². The molecular formula is C20H16N2. The molecular weight excluding hydrogens is 268 g/mol. The van der Waals surface area contributed by atoms with Gasteiger partial charge in [0.05, 0.1) is 17.3 Å². The van der Waals surface area contributed by atoms with Crippen molar-refractivity contribution in [2.45, 2.75) is 13.8 Å². The van der Waals surface area contributed by atoms with Crippen LogP contribution in [0.25, 0.3) is 22.4 Å². The van der Waals surface area contributed by atoms with Gasteiger partial charge < -0.3 is 0 Å². The predicted molar refractivity (Wildman–Crippen MR) is 89.3 cm³/mol. The molecule has 2 heteroatoms. The molecule has 0 unspecified atom stereocenters. The molecule has 0 aliphatic rings. The van der Waals surface area contributed by atoms with Gasteiger partial charge in [-0.2, -0.15) is 5.26 Å². The Kier molecular flexibility index (Phi) is 3.72. The van der Waals surface area contributed by atoms with Crippen LogP contribution in [-0.4, -0.2) is 4.98 Å². The van der Waals surface area contributed by atoms with E-state index in [1.807, 2.05) is 42.6 Å². The molecule has 3 rings (SSSR count). The maximum Gasteiger partial charge on any atom is 0.0991 e. The first-order valence-corrected chi connectivity index (χ1v) is 7.22. The Balaban J connectivity index is 2.09. The number of rotatable bonds is 2. The Morgan fingerprint density at radius 2 is 1.64 bits per heavy atom. The van der Waals surface area contributed by atoms with Gasteiger partial charge in [0.25, 0.3) is 0 Å². The molecule has 3 aromatic rings. The summed E-state index contributed by atoms with van der Waals surface area (Å²) in [5.74, 6) is 0. The van der Waals surface area contributed by atoms with Crippen LogP contribution in [0.15, 0.2) is 60.8 Å². The first kappa shape index (κ1) is 14.0. The van der Waals surface area contributed by atoms with Crippen LogP contribution < -0.4 is 0 Å².